The molecule has 3 heterocycles. The predicted molar refractivity (Wildman–Crippen MR) is 144 cm³/mol. The van der Waals surface area contributed by atoms with Crippen LogP contribution in [0, 0.1) is 29.1 Å². The van der Waals surface area contributed by atoms with Crippen molar-refractivity contribution in [1.29, 1.82) is 5.41 Å². The molecule has 204 valence electrons. The third-order valence-electron chi connectivity index (χ3n) is 9.95. The van der Waals surface area contributed by atoms with Crippen molar-refractivity contribution in [2.24, 2.45) is 23.7 Å². The van der Waals surface area contributed by atoms with E-state index in [0.717, 1.165) is 31.5 Å². The van der Waals surface area contributed by atoms with Crippen molar-refractivity contribution in [2.45, 2.75) is 101 Å². The molecule has 3 saturated heterocycles. The Labute approximate surface area is 222 Å². The van der Waals surface area contributed by atoms with Crippen LogP contribution in [0.2, 0.25) is 0 Å². The predicted octanol–water partition coefficient (Wildman–Crippen LogP) is 3.33. The quantitative estimate of drug-likeness (QED) is 0.252. The number of nitrogens with one attached hydrogen (secondary N) is 4. The number of nitrogens with zero attached hydrogens (tertiary/aromatic N) is 3. The monoisotopic (exact) mass is 523 g/mol. The molecule has 0 spiro atoms. The first kappa shape index (κ1) is 26.7. The number of halogens is 2. The third kappa shape index (κ3) is 4.93. The molecule has 9 atom stereocenters. The van der Waals surface area contributed by atoms with Crippen LogP contribution in [-0.4, -0.2) is 90.1 Å². The largest absolute Gasteiger partial charge is 0.338 e. The summed E-state index contributed by atoms with van der Waals surface area (Å²) in [7, 11) is 4.22. The highest BCUT2D eigenvalue weighted by Gasteiger charge is 2.51. The fourth-order valence-corrected chi connectivity index (χ4v) is 8.49. The van der Waals surface area contributed by atoms with Crippen LogP contribution in [0.5, 0.6) is 0 Å². The van der Waals surface area contributed by atoms with E-state index in [0.29, 0.717) is 30.4 Å². The van der Waals surface area contributed by atoms with Gasteiger partial charge in [-0.25, -0.2) is 4.39 Å². The van der Waals surface area contributed by atoms with Gasteiger partial charge in [0, 0.05) is 32.1 Å². The Morgan fingerprint density at radius 1 is 1.08 bits per heavy atom. The summed E-state index contributed by atoms with van der Waals surface area (Å²) < 4.78 is 15.0. The van der Waals surface area contributed by atoms with Crippen molar-refractivity contribution in [3.05, 3.63) is 12.2 Å². The highest BCUT2D eigenvalue weighted by Crippen LogP contribution is 2.40. The van der Waals surface area contributed by atoms with Gasteiger partial charge >= 0.3 is 0 Å². The number of guanidine groups is 1. The molecule has 0 aromatic carbocycles. The second-order valence-corrected chi connectivity index (χ2v) is 12.9. The summed E-state index contributed by atoms with van der Waals surface area (Å²) >= 11 is 6.35. The fourth-order valence-electron chi connectivity index (χ4n) is 8.15. The summed E-state index contributed by atoms with van der Waals surface area (Å²) in [5, 5.41) is 20.2. The number of alkyl halides is 2. The van der Waals surface area contributed by atoms with Gasteiger partial charge in [0.2, 0.25) is 0 Å². The van der Waals surface area contributed by atoms with Gasteiger partial charge in [-0.15, -0.1) is 11.6 Å². The zero-order valence-electron chi connectivity index (χ0n) is 22.5. The lowest BCUT2D eigenvalue weighted by atomic mass is 9.72. The lowest BCUT2D eigenvalue weighted by Crippen LogP contribution is -2.71. The van der Waals surface area contributed by atoms with Crippen molar-refractivity contribution >= 4 is 17.6 Å². The Kier molecular flexibility index (Phi) is 7.91. The number of allylic oxidation sites excluding steroid dienone is 1. The zero-order valence-corrected chi connectivity index (χ0v) is 23.3. The van der Waals surface area contributed by atoms with Gasteiger partial charge in [-0.3, -0.25) is 26.3 Å². The number of hydrogen-bond acceptors (Lipinski definition) is 5. The van der Waals surface area contributed by atoms with Gasteiger partial charge in [-0.05, 0) is 77.2 Å². The molecule has 2 saturated carbocycles. The SMILES string of the molecule is C=C(C)C1C(F)CCCC1C1NC(C)C2C(N1)N(CC1CCC(C3NC(Cl)CN3C)CC1)C(=N)N2C. The van der Waals surface area contributed by atoms with Crippen LogP contribution in [0.25, 0.3) is 0 Å². The van der Waals surface area contributed by atoms with E-state index in [9.17, 15) is 4.39 Å². The Bertz CT molecular complexity index is 820. The molecule has 0 radical (unpaired) electrons. The van der Waals surface area contributed by atoms with Crippen molar-refractivity contribution in [3.8, 4) is 0 Å². The molecule has 5 fully saturated rings. The maximum absolute atomic E-state index is 15.0. The van der Waals surface area contributed by atoms with Gasteiger partial charge in [0.25, 0.3) is 0 Å². The molecule has 2 aliphatic carbocycles. The lowest BCUT2D eigenvalue weighted by molar-refractivity contribution is 0.0363. The van der Waals surface area contributed by atoms with Crippen LogP contribution in [-0.2, 0) is 0 Å². The van der Waals surface area contributed by atoms with Crippen molar-refractivity contribution in [3.63, 3.8) is 0 Å². The topological polar surface area (TPSA) is 69.7 Å². The van der Waals surface area contributed by atoms with Gasteiger partial charge < -0.3 is 9.80 Å². The Morgan fingerprint density at radius 2 is 1.81 bits per heavy atom. The molecular weight excluding hydrogens is 477 g/mol. The second-order valence-electron chi connectivity index (χ2n) is 12.4. The molecule has 0 aromatic heterocycles. The molecule has 0 bridgehead atoms. The van der Waals surface area contributed by atoms with Crippen molar-refractivity contribution in [2.75, 3.05) is 27.2 Å². The van der Waals surface area contributed by atoms with Crippen LogP contribution in [0.1, 0.15) is 58.8 Å². The summed E-state index contributed by atoms with van der Waals surface area (Å²) in [6.07, 6.45) is 7.05. The summed E-state index contributed by atoms with van der Waals surface area (Å²) in [6, 6.07) is 0.403. The molecular formula is C27H47ClFN7. The van der Waals surface area contributed by atoms with Gasteiger partial charge in [0.15, 0.2) is 5.96 Å². The van der Waals surface area contributed by atoms with Crippen molar-refractivity contribution < 1.29 is 4.39 Å². The first-order valence-electron chi connectivity index (χ1n) is 14.2. The molecule has 4 N–H and O–H groups in total. The van der Waals surface area contributed by atoms with E-state index >= 15 is 0 Å². The standard InChI is InChI=1S/C27H47ClFN7/c1-15(2)22-19(7-6-8-20(22)29)24-31-16(3)23-26(33-24)36(27(30)35(23)5)13-17-9-11-18(12-10-17)25-32-21(28)14-34(25)4/h16-26,30-33H,1,6-14H2,2-5H3. The number of likely N-dealkylation sites (N-methyl/N-ethyl adjacent to an activating group) is 2. The highest BCUT2D eigenvalue weighted by molar-refractivity contribution is 6.20. The Balaban J connectivity index is 1.25. The Hall–Kier alpha value is -0.930. The van der Waals surface area contributed by atoms with Gasteiger partial charge in [0.1, 0.15) is 12.3 Å². The smallest absolute Gasteiger partial charge is 0.195 e. The van der Waals surface area contributed by atoms with Gasteiger partial charge in [-0.1, -0.05) is 18.6 Å². The number of rotatable bonds is 5. The van der Waals surface area contributed by atoms with Crippen LogP contribution < -0.4 is 16.0 Å². The summed E-state index contributed by atoms with van der Waals surface area (Å²) in [5.41, 5.74) is 1.01. The minimum absolute atomic E-state index is 0.0338. The van der Waals surface area contributed by atoms with E-state index in [1.54, 1.807) is 0 Å². The number of hydrogen-bond donors (Lipinski definition) is 4. The molecule has 36 heavy (non-hydrogen) atoms. The van der Waals surface area contributed by atoms with Crippen LogP contribution >= 0.6 is 11.6 Å². The molecule has 5 aliphatic rings. The maximum atomic E-state index is 15.0. The van der Waals surface area contributed by atoms with E-state index in [2.05, 4.69) is 58.2 Å². The summed E-state index contributed by atoms with van der Waals surface area (Å²) in [5.74, 6) is 1.92. The Morgan fingerprint density at radius 3 is 2.44 bits per heavy atom. The van der Waals surface area contributed by atoms with E-state index in [4.69, 9.17) is 17.0 Å². The number of fused-ring (bicyclic) bond motifs is 1. The molecule has 7 nitrogen and oxygen atoms in total. The fraction of sp³-hybridized carbons (Fsp3) is 0.889. The van der Waals surface area contributed by atoms with Gasteiger partial charge in [-0.2, -0.15) is 0 Å². The minimum Gasteiger partial charge on any atom is -0.338 e. The average molecular weight is 524 g/mol. The highest BCUT2D eigenvalue weighted by atomic mass is 35.5. The lowest BCUT2D eigenvalue weighted by Gasteiger charge is -2.48. The maximum Gasteiger partial charge on any atom is 0.195 e. The summed E-state index contributed by atoms with van der Waals surface area (Å²) in [4.78, 5) is 6.80. The van der Waals surface area contributed by atoms with Crippen LogP contribution in [0.15, 0.2) is 12.2 Å². The molecule has 9 unspecified atom stereocenters. The summed E-state index contributed by atoms with van der Waals surface area (Å²) in [6.45, 7) is 10.2. The molecule has 9 heteroatoms. The minimum atomic E-state index is -0.809. The average Bonchev–Trinajstić information content (AvgIpc) is 3.29. The normalized spacial score (nSPS) is 46.3. The first-order valence-corrected chi connectivity index (χ1v) is 14.6. The van der Waals surface area contributed by atoms with E-state index in [-0.39, 0.29) is 41.8 Å². The second kappa shape index (κ2) is 10.7. The molecule has 0 amide bonds. The first-order chi connectivity index (χ1) is 17.2. The molecule has 5 rings (SSSR count). The van der Waals surface area contributed by atoms with E-state index in [1.807, 2.05) is 6.92 Å². The van der Waals surface area contributed by atoms with Crippen LogP contribution in [0.3, 0.4) is 0 Å². The molecule has 3 aliphatic heterocycles. The van der Waals surface area contributed by atoms with E-state index < -0.39 is 6.17 Å². The van der Waals surface area contributed by atoms with E-state index in [1.165, 1.54) is 25.7 Å². The zero-order chi connectivity index (χ0) is 25.7. The van der Waals surface area contributed by atoms with Crippen molar-refractivity contribution in [1.82, 2.24) is 30.7 Å². The molecule has 0 aromatic rings. The van der Waals surface area contributed by atoms with Gasteiger partial charge in [0.05, 0.1) is 23.9 Å². The third-order valence-corrected chi connectivity index (χ3v) is 10.2. The van der Waals surface area contributed by atoms with Crippen LogP contribution in [0.4, 0.5) is 4.39 Å².